The number of carbonyl (C=O) groups excluding carboxylic acids is 2. The molecular formula is C78H137Cl6N6NaO4S6. The first-order valence-corrected chi connectivity index (χ1v) is 40.8. The molecule has 0 saturated carbocycles. The van der Waals surface area contributed by atoms with Crippen LogP contribution in [-0.2, 0) is 25.0 Å². The summed E-state index contributed by atoms with van der Waals surface area (Å²) in [6.07, 6.45) is 1.68. The number of alkyl halides is 3. The molecule has 0 saturated heterocycles. The van der Waals surface area contributed by atoms with Gasteiger partial charge < -0.3 is 41.0 Å². The molecule has 0 heterocycles. The number of rotatable bonds is 28. The SMILES string of the molecule is CC.CC.CC.CC.CC.CC.CN(C)CCCl.CN(C)CCSc1ccc(C=O)cc1.CN(C)CCSc1ccc(CCl)cc1.CN(C)CCSc1ccc(CCl)cc1.CN(C)CCSc1ccc(CO)cc1.CN(C)CCSc1ccc(CO)cc1.Cl.Cl.Cl.O=Cc1ccc(S)cc1.[H-].[Na+]. The number of aliphatic hydroxyl groups excluding tert-OH is 2. The van der Waals surface area contributed by atoms with E-state index in [0.717, 1.165) is 108 Å². The second-order valence-corrected chi connectivity index (χ2v) is 27.6. The zero-order chi connectivity index (χ0) is 75.6. The van der Waals surface area contributed by atoms with Crippen LogP contribution in [-0.4, -0.2) is 211 Å². The van der Waals surface area contributed by atoms with E-state index in [1.807, 2.05) is 209 Å². The average molecular weight is 1650 g/mol. The zero-order valence-electron chi connectivity index (χ0n) is 67.6. The summed E-state index contributed by atoms with van der Waals surface area (Å²) in [6.45, 7) is 30.7. The maximum atomic E-state index is 10.4. The third-order valence-electron chi connectivity index (χ3n) is 11.0. The van der Waals surface area contributed by atoms with E-state index < -0.39 is 0 Å². The van der Waals surface area contributed by atoms with Crippen LogP contribution in [0.4, 0.5) is 0 Å². The molecule has 6 aromatic rings. The smallest absolute Gasteiger partial charge is 1.00 e. The molecule has 0 aliphatic carbocycles. The fourth-order valence-electron chi connectivity index (χ4n) is 5.83. The third-order valence-corrected chi connectivity index (χ3v) is 17.0. The minimum Gasteiger partial charge on any atom is -1.00 e. The minimum atomic E-state index is 0. The van der Waals surface area contributed by atoms with Crippen LogP contribution in [0.25, 0.3) is 0 Å². The number of aliphatic hydroxyl groups is 2. The predicted molar refractivity (Wildman–Crippen MR) is 474 cm³/mol. The molecule has 0 aromatic heterocycles. The summed E-state index contributed by atoms with van der Waals surface area (Å²) in [5.41, 5.74) is 5.74. The van der Waals surface area contributed by atoms with Gasteiger partial charge in [-0.05, 0) is 180 Å². The molecule has 101 heavy (non-hydrogen) atoms. The van der Waals surface area contributed by atoms with Crippen LogP contribution in [0.3, 0.4) is 0 Å². The van der Waals surface area contributed by atoms with Crippen LogP contribution in [0.2, 0.25) is 0 Å². The molecule has 6 aromatic carbocycles. The summed E-state index contributed by atoms with van der Waals surface area (Å²) in [5.74, 6) is 7.48. The Balaban J connectivity index is -0.0000000904. The Morgan fingerprint density at radius 1 is 0.327 bits per heavy atom. The molecule has 0 spiro atoms. The van der Waals surface area contributed by atoms with Crippen molar-refractivity contribution < 1.29 is 50.8 Å². The molecule has 0 amide bonds. The third kappa shape index (κ3) is 86.3. The van der Waals surface area contributed by atoms with Crippen molar-refractivity contribution in [3.8, 4) is 0 Å². The Morgan fingerprint density at radius 3 is 0.653 bits per heavy atom. The minimum absolute atomic E-state index is 0. The van der Waals surface area contributed by atoms with Crippen molar-refractivity contribution in [3.63, 3.8) is 0 Å². The van der Waals surface area contributed by atoms with E-state index in [2.05, 4.69) is 180 Å². The van der Waals surface area contributed by atoms with Crippen molar-refractivity contribution in [1.82, 2.24) is 29.4 Å². The summed E-state index contributed by atoms with van der Waals surface area (Å²) in [4.78, 5) is 40.7. The number of thioether (sulfide) groups is 5. The van der Waals surface area contributed by atoms with Crippen molar-refractivity contribution in [1.29, 1.82) is 0 Å². The average Bonchev–Trinajstić information content (AvgIpc) is 1.32. The van der Waals surface area contributed by atoms with E-state index in [1.165, 1.54) is 35.6 Å². The maximum absolute atomic E-state index is 10.4. The Morgan fingerprint density at radius 2 is 0.505 bits per heavy atom. The number of halogens is 6. The molecule has 0 aliphatic rings. The summed E-state index contributed by atoms with van der Waals surface area (Å²) < 4.78 is 0. The van der Waals surface area contributed by atoms with Gasteiger partial charge >= 0.3 is 29.6 Å². The topological polar surface area (TPSA) is 94.0 Å². The van der Waals surface area contributed by atoms with E-state index in [9.17, 15) is 9.59 Å². The van der Waals surface area contributed by atoms with Crippen molar-refractivity contribution in [2.75, 3.05) is 158 Å². The quantitative estimate of drug-likeness (QED) is 0.0143. The van der Waals surface area contributed by atoms with Gasteiger partial charge in [0, 0.05) is 126 Å². The number of nitrogens with zero attached hydrogens (tertiary/aromatic N) is 6. The summed E-state index contributed by atoms with van der Waals surface area (Å²) in [6, 6.07) is 47.7. The zero-order valence-corrected chi connectivity index (χ0v) is 78.3. The molecule has 0 radical (unpaired) electrons. The van der Waals surface area contributed by atoms with Gasteiger partial charge in [0.25, 0.3) is 0 Å². The van der Waals surface area contributed by atoms with E-state index in [1.54, 1.807) is 24.3 Å². The molecule has 0 unspecified atom stereocenters. The summed E-state index contributed by atoms with van der Waals surface area (Å²) in [7, 11) is 24.8. The number of benzene rings is 6. The van der Waals surface area contributed by atoms with Crippen LogP contribution < -0.4 is 29.6 Å². The van der Waals surface area contributed by atoms with Gasteiger partial charge in [0.15, 0.2) is 0 Å². The first-order valence-electron chi connectivity index (χ1n) is 33.8. The van der Waals surface area contributed by atoms with Crippen LogP contribution in [0.1, 0.15) is 127 Å². The standard InChI is InChI=1S/2C11H16ClNS.2C11H17NOS.C11H15NOS.C7H6OS.C4H10ClN.6C2H6.3ClH.Na.H/c2*1-13(2)7-8-14-11-5-3-10(9-12)4-6-11;3*1-12(2)7-8-14-11-5-3-10(9-13)4-6-11;8-5-6-1-3-7(9)4-2-6;1-6(2)4-3-5;6*1-2;;;;;/h2*3-6H,7-9H2,1-2H3;2*3-6,13H,7-9H2,1-2H3;3-6,9H,7-8H2,1-2H3;1-5,9H;3-4H2,1-2H3;6*1-2H3;3*1H;;/q;;;;;;;;;;;;;;;;+1;-1. The largest absolute Gasteiger partial charge is 1.00 e. The van der Waals surface area contributed by atoms with E-state index >= 15 is 0 Å². The Hall–Kier alpha value is -0.820. The van der Waals surface area contributed by atoms with E-state index in [4.69, 9.17) is 45.0 Å². The number of hydrogen-bond donors (Lipinski definition) is 3. The first kappa shape index (κ1) is 124. The number of thiol groups is 1. The van der Waals surface area contributed by atoms with Crippen LogP contribution in [0.15, 0.2) is 175 Å². The van der Waals surface area contributed by atoms with Gasteiger partial charge in [-0.3, -0.25) is 9.59 Å². The molecule has 0 bridgehead atoms. The van der Waals surface area contributed by atoms with Crippen molar-refractivity contribution in [2.45, 2.75) is 137 Å². The maximum Gasteiger partial charge on any atom is 1.00 e. The van der Waals surface area contributed by atoms with Gasteiger partial charge in [-0.15, -0.1) is 143 Å². The Kier molecular flexibility index (Phi) is 117. The van der Waals surface area contributed by atoms with Crippen molar-refractivity contribution in [2.24, 2.45) is 0 Å². The van der Waals surface area contributed by atoms with Gasteiger partial charge in [-0.25, -0.2) is 0 Å². The van der Waals surface area contributed by atoms with Gasteiger partial charge in [0.2, 0.25) is 0 Å². The van der Waals surface area contributed by atoms with Crippen LogP contribution in [0.5, 0.6) is 0 Å². The predicted octanol–water partition coefficient (Wildman–Crippen LogP) is 19.1. The summed E-state index contributed by atoms with van der Waals surface area (Å²) in [5, 5.41) is 17.7. The fraction of sp³-hybridized carbons (Fsp3) is 0.513. The van der Waals surface area contributed by atoms with Crippen LogP contribution in [0, 0.1) is 0 Å². The second kappa shape index (κ2) is 95.3. The fourth-order valence-corrected chi connectivity index (χ4v) is 11.8. The molecule has 6 rings (SSSR count). The Labute approximate surface area is 704 Å². The van der Waals surface area contributed by atoms with Crippen molar-refractivity contribution in [3.05, 3.63) is 179 Å². The molecule has 23 heteroatoms. The molecule has 2 N–H and O–H groups in total. The molecule has 582 valence electrons. The molecular weight excluding hydrogens is 1510 g/mol. The molecule has 0 atom stereocenters. The first-order chi connectivity index (χ1) is 46.7. The normalized spacial score (nSPS) is 9.23. The van der Waals surface area contributed by atoms with E-state index in [-0.39, 0.29) is 81.4 Å². The van der Waals surface area contributed by atoms with Gasteiger partial charge in [-0.1, -0.05) is 156 Å². The van der Waals surface area contributed by atoms with Gasteiger partial charge in [0.1, 0.15) is 12.6 Å². The van der Waals surface area contributed by atoms with Gasteiger partial charge in [0.05, 0.1) is 13.2 Å². The second-order valence-electron chi connectivity index (χ2n) is 20.3. The monoisotopic (exact) mass is 1650 g/mol. The van der Waals surface area contributed by atoms with Crippen molar-refractivity contribution >= 4 is 156 Å². The van der Waals surface area contributed by atoms with Gasteiger partial charge in [-0.2, -0.15) is 0 Å². The number of carbonyl (C=O) groups is 2. The molecule has 0 fully saturated rings. The van der Waals surface area contributed by atoms with Crippen LogP contribution >= 0.6 is 143 Å². The molecule has 0 aliphatic heterocycles. The number of aldehydes is 2. The Bertz CT molecular complexity index is 2310. The van der Waals surface area contributed by atoms with E-state index in [0.29, 0.717) is 17.3 Å². The summed E-state index contributed by atoms with van der Waals surface area (Å²) >= 11 is 30.1. The number of hydrogen-bond acceptors (Lipinski definition) is 16. The molecule has 10 nitrogen and oxygen atoms in total.